The zero-order chi connectivity index (χ0) is 13.8. The van der Waals surface area contributed by atoms with Gasteiger partial charge in [0.2, 0.25) is 0 Å². The molecule has 1 fully saturated rings. The van der Waals surface area contributed by atoms with E-state index in [0.717, 1.165) is 27.0 Å². The van der Waals surface area contributed by atoms with Crippen LogP contribution in [-0.2, 0) is 0 Å². The molecule has 2 nitrogen and oxygen atoms in total. The van der Waals surface area contributed by atoms with E-state index in [9.17, 15) is 5.11 Å². The molecule has 2 N–H and O–H groups in total. The summed E-state index contributed by atoms with van der Waals surface area (Å²) in [6.07, 6.45) is 5.90. The van der Waals surface area contributed by atoms with Crippen molar-refractivity contribution in [3.05, 3.63) is 26.6 Å². The van der Waals surface area contributed by atoms with E-state index in [1.165, 1.54) is 31.2 Å². The molecular formula is C15H21Br2NO. The van der Waals surface area contributed by atoms with Crippen molar-refractivity contribution < 1.29 is 5.11 Å². The highest BCUT2D eigenvalue weighted by Crippen LogP contribution is 2.33. The molecule has 0 spiro atoms. The number of aliphatic hydroxyl groups is 1. The van der Waals surface area contributed by atoms with Crippen molar-refractivity contribution in [1.82, 2.24) is 0 Å². The summed E-state index contributed by atoms with van der Waals surface area (Å²) in [5.74, 6) is 0.724. The summed E-state index contributed by atoms with van der Waals surface area (Å²) in [7, 11) is 0. The average Bonchev–Trinajstić information content (AvgIpc) is 2.80. The van der Waals surface area contributed by atoms with Gasteiger partial charge in [-0.1, -0.05) is 25.7 Å². The van der Waals surface area contributed by atoms with Crippen molar-refractivity contribution in [3.8, 4) is 0 Å². The highest BCUT2D eigenvalue weighted by atomic mass is 79.9. The molecule has 106 valence electrons. The number of benzene rings is 1. The summed E-state index contributed by atoms with van der Waals surface area (Å²) >= 11 is 7.12. The summed E-state index contributed by atoms with van der Waals surface area (Å²) in [6, 6.07) is 4.16. The van der Waals surface area contributed by atoms with Gasteiger partial charge in [-0.25, -0.2) is 0 Å². The first-order chi connectivity index (χ1) is 9.06. The number of nitrogens with one attached hydrogen (secondary N) is 1. The van der Waals surface area contributed by atoms with Gasteiger partial charge in [-0.2, -0.15) is 0 Å². The summed E-state index contributed by atoms with van der Waals surface area (Å²) in [5, 5.41) is 13.5. The first-order valence-electron chi connectivity index (χ1n) is 6.94. The van der Waals surface area contributed by atoms with Gasteiger partial charge in [-0.15, -0.1) is 0 Å². The Bertz CT molecular complexity index is 407. The fraction of sp³-hybridized carbons (Fsp3) is 0.600. The largest absolute Gasteiger partial charge is 0.391 e. The molecule has 4 heteroatoms. The van der Waals surface area contributed by atoms with Crippen LogP contribution in [0.25, 0.3) is 0 Å². The second-order valence-corrected chi connectivity index (χ2v) is 7.23. The lowest BCUT2D eigenvalue weighted by Gasteiger charge is -2.18. The fourth-order valence-corrected chi connectivity index (χ4v) is 4.50. The fourth-order valence-electron chi connectivity index (χ4n) is 2.80. The van der Waals surface area contributed by atoms with Gasteiger partial charge in [-0.3, -0.25) is 0 Å². The van der Waals surface area contributed by atoms with Crippen LogP contribution in [0.2, 0.25) is 0 Å². The van der Waals surface area contributed by atoms with Crippen LogP contribution in [0.5, 0.6) is 0 Å². The third-order valence-corrected chi connectivity index (χ3v) is 5.03. The Balaban J connectivity index is 1.87. The predicted octanol–water partition coefficient (Wildman–Crippen LogP) is 4.87. The van der Waals surface area contributed by atoms with Crippen molar-refractivity contribution in [2.24, 2.45) is 5.92 Å². The predicted molar refractivity (Wildman–Crippen MR) is 87.7 cm³/mol. The Kier molecular flexibility index (Phi) is 5.72. The lowest BCUT2D eigenvalue weighted by molar-refractivity contribution is 0.155. The van der Waals surface area contributed by atoms with E-state index in [2.05, 4.69) is 56.2 Å². The molecule has 19 heavy (non-hydrogen) atoms. The van der Waals surface area contributed by atoms with Crippen molar-refractivity contribution in [2.75, 3.05) is 11.9 Å². The monoisotopic (exact) mass is 389 g/mol. The maximum Gasteiger partial charge on any atom is 0.0715 e. The van der Waals surface area contributed by atoms with Crippen LogP contribution in [0.4, 0.5) is 5.69 Å². The smallest absolute Gasteiger partial charge is 0.0715 e. The molecule has 0 radical (unpaired) electrons. The number of hydrogen-bond donors (Lipinski definition) is 2. The van der Waals surface area contributed by atoms with E-state index in [4.69, 9.17) is 0 Å². The van der Waals surface area contributed by atoms with Gasteiger partial charge in [0.25, 0.3) is 0 Å². The van der Waals surface area contributed by atoms with Crippen LogP contribution in [0.1, 0.15) is 37.7 Å². The molecular weight excluding hydrogens is 370 g/mol. The zero-order valence-electron chi connectivity index (χ0n) is 11.3. The van der Waals surface area contributed by atoms with Crippen LogP contribution >= 0.6 is 31.9 Å². The van der Waals surface area contributed by atoms with Gasteiger partial charge in [0, 0.05) is 15.5 Å². The minimum Gasteiger partial charge on any atom is -0.391 e. The second-order valence-electron chi connectivity index (χ2n) is 5.52. The maximum absolute atomic E-state index is 10.1. The molecule has 1 aromatic rings. The Morgan fingerprint density at radius 3 is 2.42 bits per heavy atom. The standard InChI is InChI=1S/C15H21Br2NO/c1-10-6-13(16)15(14(17)7-10)18-9-12(19)8-11-4-2-3-5-11/h6-7,11-12,18-19H,2-5,8-9H2,1H3. The lowest BCUT2D eigenvalue weighted by atomic mass is 10.00. The third kappa shape index (κ3) is 4.47. The number of aliphatic hydroxyl groups excluding tert-OH is 1. The first kappa shape index (κ1) is 15.3. The summed E-state index contributed by atoms with van der Waals surface area (Å²) in [5.41, 5.74) is 2.23. The molecule has 0 bridgehead atoms. The summed E-state index contributed by atoms with van der Waals surface area (Å²) < 4.78 is 2.07. The van der Waals surface area contributed by atoms with Gasteiger partial charge in [0.05, 0.1) is 11.8 Å². The first-order valence-corrected chi connectivity index (χ1v) is 8.52. The zero-order valence-corrected chi connectivity index (χ0v) is 14.4. The number of aryl methyl sites for hydroxylation is 1. The number of halogens is 2. The van der Waals surface area contributed by atoms with Gasteiger partial charge in [0.1, 0.15) is 0 Å². The Labute approximate surface area is 132 Å². The molecule has 0 amide bonds. The van der Waals surface area contributed by atoms with Crippen molar-refractivity contribution in [2.45, 2.75) is 45.1 Å². The molecule has 0 heterocycles. The van der Waals surface area contributed by atoms with E-state index in [0.29, 0.717) is 6.54 Å². The van der Waals surface area contributed by atoms with Crippen LogP contribution < -0.4 is 5.32 Å². The number of hydrogen-bond acceptors (Lipinski definition) is 2. The third-order valence-electron chi connectivity index (χ3n) is 3.78. The summed E-state index contributed by atoms with van der Waals surface area (Å²) in [6.45, 7) is 2.67. The number of anilines is 1. The minimum absolute atomic E-state index is 0.261. The topological polar surface area (TPSA) is 32.3 Å². The van der Waals surface area contributed by atoms with E-state index in [1.807, 2.05) is 0 Å². The van der Waals surface area contributed by atoms with Crippen LogP contribution in [-0.4, -0.2) is 17.8 Å². The molecule has 0 aromatic heterocycles. The van der Waals surface area contributed by atoms with Crippen LogP contribution in [0.15, 0.2) is 21.1 Å². The quantitative estimate of drug-likeness (QED) is 0.751. The Morgan fingerprint density at radius 2 is 1.84 bits per heavy atom. The average molecular weight is 391 g/mol. The molecule has 1 aliphatic carbocycles. The molecule has 0 aliphatic heterocycles. The molecule has 1 saturated carbocycles. The summed E-state index contributed by atoms with van der Waals surface area (Å²) in [4.78, 5) is 0. The Hall–Kier alpha value is -0.0600. The molecule has 0 saturated heterocycles. The molecule has 2 rings (SSSR count). The number of rotatable bonds is 5. The lowest BCUT2D eigenvalue weighted by Crippen LogP contribution is -2.22. The highest BCUT2D eigenvalue weighted by Gasteiger charge is 2.19. The molecule has 1 unspecified atom stereocenters. The van der Waals surface area contributed by atoms with Crippen LogP contribution in [0.3, 0.4) is 0 Å². The van der Waals surface area contributed by atoms with E-state index in [-0.39, 0.29) is 6.10 Å². The van der Waals surface area contributed by atoms with Crippen molar-refractivity contribution in [3.63, 3.8) is 0 Å². The van der Waals surface area contributed by atoms with Crippen LogP contribution in [0, 0.1) is 12.8 Å². The van der Waals surface area contributed by atoms with Crippen molar-refractivity contribution in [1.29, 1.82) is 0 Å². The Morgan fingerprint density at radius 1 is 1.26 bits per heavy atom. The van der Waals surface area contributed by atoms with E-state index >= 15 is 0 Å². The molecule has 1 atom stereocenters. The van der Waals surface area contributed by atoms with Gasteiger partial charge >= 0.3 is 0 Å². The van der Waals surface area contributed by atoms with Gasteiger partial charge in [-0.05, 0) is 68.8 Å². The van der Waals surface area contributed by atoms with E-state index < -0.39 is 0 Å². The SMILES string of the molecule is Cc1cc(Br)c(NCC(O)CC2CCCC2)c(Br)c1. The second kappa shape index (κ2) is 7.09. The highest BCUT2D eigenvalue weighted by molar-refractivity contribution is 9.11. The molecule has 1 aliphatic rings. The van der Waals surface area contributed by atoms with E-state index in [1.54, 1.807) is 0 Å². The van der Waals surface area contributed by atoms with Gasteiger partial charge in [0.15, 0.2) is 0 Å². The molecule has 1 aromatic carbocycles. The minimum atomic E-state index is -0.261. The maximum atomic E-state index is 10.1. The normalized spacial score (nSPS) is 17.7. The van der Waals surface area contributed by atoms with Crippen molar-refractivity contribution >= 4 is 37.5 Å². The van der Waals surface area contributed by atoms with Gasteiger partial charge < -0.3 is 10.4 Å².